The summed E-state index contributed by atoms with van der Waals surface area (Å²) >= 11 is 3.29. The van der Waals surface area contributed by atoms with Crippen LogP contribution in [0, 0.1) is 5.92 Å². The topological polar surface area (TPSA) is 55.7 Å². The van der Waals surface area contributed by atoms with Gasteiger partial charge in [0.15, 0.2) is 5.78 Å². The highest BCUT2D eigenvalue weighted by atomic mass is 79.9. The van der Waals surface area contributed by atoms with Crippen molar-refractivity contribution in [2.45, 2.75) is 20.8 Å². The summed E-state index contributed by atoms with van der Waals surface area (Å²) in [7, 11) is 0. The van der Waals surface area contributed by atoms with Gasteiger partial charge in [0.25, 0.3) is 0 Å². The van der Waals surface area contributed by atoms with Crippen LogP contribution in [-0.4, -0.2) is 17.5 Å². The monoisotopic (exact) mass is 361 g/mol. The molecule has 0 atom stereocenters. The summed E-state index contributed by atoms with van der Waals surface area (Å²) in [6, 6.07) is 8.63. The van der Waals surface area contributed by atoms with E-state index in [4.69, 9.17) is 4.84 Å². The quantitative estimate of drug-likeness (QED) is 0.463. The highest BCUT2D eigenvalue weighted by Crippen LogP contribution is 2.28. The van der Waals surface area contributed by atoms with Crippen molar-refractivity contribution in [1.82, 2.24) is 0 Å². The van der Waals surface area contributed by atoms with Gasteiger partial charge in [-0.15, -0.1) is 0 Å². The minimum atomic E-state index is -0.534. The first-order chi connectivity index (χ1) is 10.4. The summed E-state index contributed by atoms with van der Waals surface area (Å²) < 4.78 is 0.452. The Labute approximate surface area is 137 Å². The maximum Gasteiger partial charge on any atom is 0.365 e. The average Bonchev–Trinajstić information content (AvgIpc) is 2.52. The second-order valence-corrected chi connectivity index (χ2v) is 6.04. The second-order valence-electron chi connectivity index (χ2n) is 5.24. The highest BCUT2D eigenvalue weighted by Gasteiger charge is 2.25. The Morgan fingerprint density at radius 2 is 1.86 bits per heavy atom. The van der Waals surface area contributed by atoms with Gasteiger partial charge in [-0.2, -0.15) is 0 Å². The zero-order valence-corrected chi connectivity index (χ0v) is 14.2. The molecule has 5 heteroatoms. The first-order valence-corrected chi connectivity index (χ1v) is 7.68. The molecule has 0 bridgehead atoms. The summed E-state index contributed by atoms with van der Waals surface area (Å²) in [6.45, 7) is 5.61. The molecule has 1 aliphatic carbocycles. The number of hydrogen-bond donors (Lipinski definition) is 0. The summed E-state index contributed by atoms with van der Waals surface area (Å²) in [5, 5.41) is 3.91. The van der Waals surface area contributed by atoms with Crippen molar-refractivity contribution >= 4 is 33.4 Å². The third-order valence-electron chi connectivity index (χ3n) is 3.33. The molecule has 0 aromatic heterocycles. The van der Waals surface area contributed by atoms with Crippen molar-refractivity contribution in [3.8, 4) is 0 Å². The highest BCUT2D eigenvalue weighted by molar-refractivity contribution is 9.12. The lowest BCUT2D eigenvalue weighted by atomic mass is 9.90. The lowest BCUT2D eigenvalue weighted by Crippen LogP contribution is -2.19. The fourth-order valence-electron chi connectivity index (χ4n) is 1.97. The van der Waals surface area contributed by atoms with Crippen molar-refractivity contribution in [2.75, 3.05) is 0 Å². The van der Waals surface area contributed by atoms with Gasteiger partial charge in [-0.3, -0.25) is 4.79 Å². The van der Waals surface area contributed by atoms with Gasteiger partial charge in [0.05, 0.1) is 10.0 Å². The van der Waals surface area contributed by atoms with Gasteiger partial charge in [0.2, 0.25) is 0 Å². The van der Waals surface area contributed by atoms with E-state index < -0.39 is 5.97 Å². The Morgan fingerprint density at radius 3 is 2.45 bits per heavy atom. The Hall–Kier alpha value is -2.01. The Bertz CT molecular complexity index is 700. The number of rotatable bonds is 3. The molecule has 0 saturated heterocycles. The molecular formula is C17H16BrNO3. The van der Waals surface area contributed by atoms with Crippen LogP contribution in [0.15, 0.2) is 57.2 Å². The van der Waals surface area contributed by atoms with E-state index in [1.165, 1.54) is 0 Å². The molecule has 1 aromatic rings. The number of allylic oxidation sites excluding steroid dienone is 4. The number of oxime groups is 1. The number of Topliss-reactive ketones (excluding diaryl/α,β-unsaturated/α-hetero) is 1. The minimum absolute atomic E-state index is 0.0548. The smallest absolute Gasteiger partial charge is 0.312 e. The van der Waals surface area contributed by atoms with E-state index in [0.29, 0.717) is 26.9 Å². The largest absolute Gasteiger partial charge is 0.365 e. The number of carbonyl (C=O) groups excluding carboxylic acids is 2. The number of benzene rings is 1. The Balaban J connectivity index is 2.26. The maximum absolute atomic E-state index is 12.1. The molecule has 4 nitrogen and oxygen atoms in total. The molecule has 114 valence electrons. The van der Waals surface area contributed by atoms with E-state index >= 15 is 0 Å². The molecule has 0 radical (unpaired) electrons. The molecule has 0 aliphatic heterocycles. The van der Waals surface area contributed by atoms with Crippen molar-refractivity contribution in [1.29, 1.82) is 0 Å². The third-order valence-corrected chi connectivity index (χ3v) is 4.28. The van der Waals surface area contributed by atoms with Crippen molar-refractivity contribution in [3.63, 3.8) is 0 Å². The van der Waals surface area contributed by atoms with E-state index in [1.54, 1.807) is 37.3 Å². The van der Waals surface area contributed by atoms with Gasteiger partial charge in [-0.25, -0.2) is 4.79 Å². The van der Waals surface area contributed by atoms with Gasteiger partial charge in [-0.05, 0) is 52.6 Å². The molecule has 0 fully saturated rings. The standard InChI is InChI=1S/C17H16BrNO3/c1-10(2)13-9-14(11(3)15(18)16(13)20)19-22-17(21)12-7-5-4-6-8-12/h4-10H,1-3H3/b19-14+. The van der Waals surface area contributed by atoms with Gasteiger partial charge in [-0.1, -0.05) is 37.2 Å². The van der Waals surface area contributed by atoms with E-state index in [-0.39, 0.29) is 11.7 Å². The number of ketones is 1. The summed E-state index contributed by atoms with van der Waals surface area (Å²) in [6.07, 6.45) is 1.67. The van der Waals surface area contributed by atoms with Gasteiger partial charge >= 0.3 is 5.97 Å². The molecule has 0 spiro atoms. The first kappa shape index (κ1) is 16.4. The van der Waals surface area contributed by atoms with Gasteiger partial charge in [0, 0.05) is 5.57 Å². The van der Waals surface area contributed by atoms with Gasteiger partial charge < -0.3 is 4.84 Å². The first-order valence-electron chi connectivity index (χ1n) is 6.89. The maximum atomic E-state index is 12.1. The molecule has 0 unspecified atom stereocenters. The Kier molecular flexibility index (Phi) is 5.08. The van der Waals surface area contributed by atoms with Crippen LogP contribution in [0.25, 0.3) is 0 Å². The van der Waals surface area contributed by atoms with Crippen LogP contribution < -0.4 is 0 Å². The fourth-order valence-corrected chi connectivity index (χ4v) is 2.40. The van der Waals surface area contributed by atoms with Crippen molar-refractivity contribution in [2.24, 2.45) is 11.1 Å². The van der Waals surface area contributed by atoms with Gasteiger partial charge in [0.1, 0.15) is 5.71 Å². The third kappa shape index (κ3) is 3.42. The van der Waals surface area contributed by atoms with E-state index in [1.807, 2.05) is 19.9 Å². The molecule has 22 heavy (non-hydrogen) atoms. The van der Waals surface area contributed by atoms with Crippen LogP contribution in [0.1, 0.15) is 31.1 Å². The number of hydrogen-bond acceptors (Lipinski definition) is 4. The van der Waals surface area contributed by atoms with Crippen LogP contribution in [0.4, 0.5) is 0 Å². The molecule has 0 amide bonds. The number of carbonyl (C=O) groups is 2. The van der Waals surface area contributed by atoms with Crippen molar-refractivity contribution in [3.05, 3.63) is 57.6 Å². The predicted molar refractivity (Wildman–Crippen MR) is 88.8 cm³/mol. The number of nitrogens with zero attached hydrogens (tertiary/aromatic N) is 1. The van der Waals surface area contributed by atoms with E-state index in [2.05, 4.69) is 21.1 Å². The summed E-state index contributed by atoms with van der Waals surface area (Å²) in [5.74, 6) is -0.530. The summed E-state index contributed by atoms with van der Waals surface area (Å²) in [5.41, 5.74) is 2.18. The zero-order valence-electron chi connectivity index (χ0n) is 12.6. The summed E-state index contributed by atoms with van der Waals surface area (Å²) in [4.78, 5) is 29.0. The van der Waals surface area contributed by atoms with E-state index in [9.17, 15) is 9.59 Å². The minimum Gasteiger partial charge on any atom is -0.312 e. The fraction of sp³-hybridized carbons (Fsp3) is 0.235. The van der Waals surface area contributed by atoms with Crippen LogP contribution in [-0.2, 0) is 9.63 Å². The lowest BCUT2D eigenvalue weighted by Gasteiger charge is -2.17. The molecule has 0 saturated carbocycles. The van der Waals surface area contributed by atoms with E-state index in [0.717, 1.165) is 0 Å². The number of halogens is 1. The molecule has 2 rings (SSSR count). The lowest BCUT2D eigenvalue weighted by molar-refractivity contribution is -0.112. The van der Waals surface area contributed by atoms with Crippen LogP contribution in [0.3, 0.4) is 0 Å². The normalized spacial score (nSPS) is 17.0. The SMILES string of the molecule is CC1=C(Br)C(=O)C(C(C)C)=C/C1=N\OC(=O)c1ccccc1. The Morgan fingerprint density at radius 1 is 1.23 bits per heavy atom. The predicted octanol–water partition coefficient (Wildman–Crippen LogP) is 4.03. The average molecular weight is 362 g/mol. The van der Waals surface area contributed by atoms with Crippen molar-refractivity contribution < 1.29 is 14.4 Å². The molecule has 1 aromatic carbocycles. The molecule has 0 N–H and O–H groups in total. The van der Waals surface area contributed by atoms with Crippen LogP contribution in [0.2, 0.25) is 0 Å². The second kappa shape index (κ2) is 6.83. The van der Waals surface area contributed by atoms with Crippen LogP contribution >= 0.6 is 15.9 Å². The molecule has 0 heterocycles. The molecular weight excluding hydrogens is 346 g/mol. The molecule has 1 aliphatic rings. The van der Waals surface area contributed by atoms with Crippen LogP contribution in [0.5, 0.6) is 0 Å². The zero-order chi connectivity index (χ0) is 16.3.